The number of carbonyl (C=O) groups is 1. The number of carbonyl (C=O) groups excluding carboxylic acids is 1. The van der Waals surface area contributed by atoms with Crippen LogP contribution in [0.15, 0.2) is 42.5 Å². The van der Waals surface area contributed by atoms with Crippen molar-refractivity contribution < 1.29 is 9.53 Å². The molecule has 4 bridgehead atoms. The lowest BCUT2D eigenvalue weighted by Gasteiger charge is -2.19. The number of ether oxygens (including phenoxy) is 1. The number of rotatable bonds is 2. The van der Waals surface area contributed by atoms with Gasteiger partial charge in [0.05, 0.1) is 5.56 Å². The Labute approximate surface area is 161 Å². The quantitative estimate of drug-likeness (QED) is 0.554. The van der Waals surface area contributed by atoms with E-state index in [1.54, 1.807) is 0 Å². The van der Waals surface area contributed by atoms with Crippen LogP contribution in [-0.2, 0) is 30.4 Å². The summed E-state index contributed by atoms with van der Waals surface area (Å²) in [6.07, 6.45) is 8.37. The second-order valence-electron chi connectivity index (χ2n) is 7.64. The van der Waals surface area contributed by atoms with E-state index in [1.165, 1.54) is 16.7 Å². The molecule has 0 saturated carbocycles. The predicted octanol–water partition coefficient (Wildman–Crippen LogP) is 5.06. The molecule has 0 amide bonds. The molecule has 0 N–H and O–H groups in total. The second-order valence-corrected chi connectivity index (χ2v) is 7.64. The normalized spacial score (nSPS) is 19.0. The first-order valence-corrected chi connectivity index (χ1v) is 10.1. The summed E-state index contributed by atoms with van der Waals surface area (Å²) in [5, 5.41) is 0. The Bertz CT molecular complexity index is 867. The Kier molecular flexibility index (Phi) is 5.58. The number of benzene rings is 2. The van der Waals surface area contributed by atoms with Crippen LogP contribution in [0, 0.1) is 11.8 Å². The maximum absolute atomic E-state index is 13.0. The average Bonchev–Trinajstić information content (AvgIpc) is 2.66. The molecule has 5 aliphatic rings. The molecule has 1 atom stereocenters. The van der Waals surface area contributed by atoms with Crippen molar-refractivity contribution in [3.05, 3.63) is 70.3 Å². The van der Waals surface area contributed by atoms with E-state index < -0.39 is 0 Å². The van der Waals surface area contributed by atoms with Crippen LogP contribution in [0.3, 0.4) is 0 Å². The standard InChI is InChI=1S/C25H26O2/c26-25(27-23-6-4-2-1-3-5-7-23)24-18-21-13-12-19-8-10-20(11-9-19)14-16-22(24)17-15-21/h8-11,15,17-18,23H,1-2,4,6-7,12-14,16H2. The highest BCUT2D eigenvalue weighted by Crippen LogP contribution is 2.22. The molecule has 0 heterocycles. The third-order valence-corrected chi connectivity index (χ3v) is 5.61. The summed E-state index contributed by atoms with van der Waals surface area (Å²) in [6.45, 7) is 0. The third-order valence-electron chi connectivity index (χ3n) is 5.61. The topological polar surface area (TPSA) is 26.3 Å². The maximum Gasteiger partial charge on any atom is 0.338 e. The summed E-state index contributed by atoms with van der Waals surface area (Å²) in [7, 11) is 0. The first-order chi connectivity index (χ1) is 13.3. The molecule has 138 valence electrons. The lowest BCUT2D eigenvalue weighted by Crippen LogP contribution is -2.20. The van der Waals surface area contributed by atoms with Crippen molar-refractivity contribution in [3.63, 3.8) is 0 Å². The van der Waals surface area contributed by atoms with E-state index in [-0.39, 0.29) is 12.1 Å². The van der Waals surface area contributed by atoms with Gasteiger partial charge in [-0.3, -0.25) is 0 Å². The largest absolute Gasteiger partial charge is 0.458 e. The Morgan fingerprint density at radius 2 is 1.56 bits per heavy atom. The minimum atomic E-state index is -0.176. The molecule has 0 radical (unpaired) electrons. The minimum absolute atomic E-state index is 0.0764. The first kappa shape index (κ1) is 17.9. The smallest absolute Gasteiger partial charge is 0.338 e. The SMILES string of the molecule is O=C(OC1CC#CCCCC1)c1cc2ccc1CCc1ccc(cc1)CC2. The highest BCUT2D eigenvalue weighted by Gasteiger charge is 2.19. The lowest BCUT2D eigenvalue weighted by molar-refractivity contribution is 0.0286. The molecule has 2 nitrogen and oxygen atoms in total. The monoisotopic (exact) mass is 358 g/mol. The minimum Gasteiger partial charge on any atom is -0.458 e. The van der Waals surface area contributed by atoms with E-state index in [4.69, 9.17) is 4.74 Å². The maximum atomic E-state index is 13.0. The van der Waals surface area contributed by atoms with Gasteiger partial charge in [0.2, 0.25) is 0 Å². The van der Waals surface area contributed by atoms with Gasteiger partial charge in [-0.05, 0) is 73.3 Å². The van der Waals surface area contributed by atoms with Crippen molar-refractivity contribution in [3.8, 4) is 11.8 Å². The second kappa shape index (κ2) is 8.44. The Hall–Kier alpha value is -2.53. The van der Waals surface area contributed by atoms with Crippen molar-refractivity contribution in [2.45, 2.75) is 63.9 Å². The zero-order chi connectivity index (χ0) is 18.5. The van der Waals surface area contributed by atoms with Crippen LogP contribution < -0.4 is 0 Å². The highest BCUT2D eigenvalue weighted by atomic mass is 16.5. The zero-order valence-corrected chi connectivity index (χ0v) is 15.8. The number of esters is 1. The van der Waals surface area contributed by atoms with E-state index in [2.05, 4.69) is 54.3 Å². The van der Waals surface area contributed by atoms with E-state index in [9.17, 15) is 4.79 Å². The van der Waals surface area contributed by atoms with Crippen LogP contribution in [0.2, 0.25) is 0 Å². The molecule has 0 saturated heterocycles. The number of hydrogen-bond donors (Lipinski definition) is 0. The summed E-state index contributed by atoms with van der Waals surface area (Å²) in [5.74, 6) is 6.15. The molecule has 0 spiro atoms. The lowest BCUT2D eigenvalue weighted by atomic mass is 9.93. The Morgan fingerprint density at radius 1 is 0.852 bits per heavy atom. The van der Waals surface area contributed by atoms with Crippen molar-refractivity contribution in [1.29, 1.82) is 0 Å². The predicted molar refractivity (Wildman–Crippen MR) is 108 cm³/mol. The molecule has 2 heteroatoms. The van der Waals surface area contributed by atoms with Crippen molar-refractivity contribution in [2.75, 3.05) is 0 Å². The molecule has 0 fully saturated rings. The van der Waals surface area contributed by atoms with E-state index in [0.717, 1.165) is 62.5 Å². The van der Waals surface area contributed by atoms with E-state index in [0.29, 0.717) is 6.42 Å². The molecule has 0 aliphatic heterocycles. The molecule has 7 rings (SSSR count). The van der Waals surface area contributed by atoms with Crippen LogP contribution in [-0.4, -0.2) is 12.1 Å². The number of aryl methyl sites for hydroxylation is 4. The van der Waals surface area contributed by atoms with Gasteiger partial charge in [0, 0.05) is 12.8 Å². The van der Waals surface area contributed by atoms with Gasteiger partial charge < -0.3 is 4.74 Å². The van der Waals surface area contributed by atoms with Crippen LogP contribution >= 0.6 is 0 Å². The van der Waals surface area contributed by atoms with Gasteiger partial charge in [0.15, 0.2) is 0 Å². The molecular weight excluding hydrogens is 332 g/mol. The van der Waals surface area contributed by atoms with Gasteiger partial charge in [-0.2, -0.15) is 0 Å². The highest BCUT2D eigenvalue weighted by molar-refractivity contribution is 5.91. The van der Waals surface area contributed by atoms with Gasteiger partial charge in [0.1, 0.15) is 6.10 Å². The van der Waals surface area contributed by atoms with Crippen molar-refractivity contribution in [2.24, 2.45) is 0 Å². The average molecular weight is 358 g/mol. The fraction of sp³-hybridized carbons (Fsp3) is 0.400. The van der Waals surface area contributed by atoms with Gasteiger partial charge in [-0.1, -0.05) is 42.3 Å². The first-order valence-electron chi connectivity index (χ1n) is 10.1. The van der Waals surface area contributed by atoms with Gasteiger partial charge in [0.25, 0.3) is 0 Å². The van der Waals surface area contributed by atoms with Gasteiger partial charge in [-0.25, -0.2) is 4.79 Å². The van der Waals surface area contributed by atoms with E-state index >= 15 is 0 Å². The van der Waals surface area contributed by atoms with E-state index in [1.807, 2.05) is 0 Å². The molecule has 2 aromatic carbocycles. The summed E-state index contributed by atoms with van der Waals surface area (Å²) >= 11 is 0. The van der Waals surface area contributed by atoms with Crippen LogP contribution in [0.5, 0.6) is 0 Å². The summed E-state index contributed by atoms with van der Waals surface area (Å²) in [5.41, 5.74) is 5.70. The molecule has 0 aromatic heterocycles. The van der Waals surface area contributed by atoms with Crippen molar-refractivity contribution >= 4 is 5.97 Å². The summed E-state index contributed by atoms with van der Waals surface area (Å²) < 4.78 is 5.89. The van der Waals surface area contributed by atoms with Crippen LogP contribution in [0.1, 0.15) is 64.7 Å². The van der Waals surface area contributed by atoms with Crippen LogP contribution in [0.25, 0.3) is 0 Å². The summed E-state index contributed by atoms with van der Waals surface area (Å²) in [4.78, 5) is 13.0. The Morgan fingerprint density at radius 3 is 2.37 bits per heavy atom. The molecule has 5 aliphatic carbocycles. The van der Waals surface area contributed by atoms with Gasteiger partial charge >= 0.3 is 5.97 Å². The fourth-order valence-electron chi connectivity index (χ4n) is 3.90. The van der Waals surface area contributed by atoms with Crippen molar-refractivity contribution in [1.82, 2.24) is 0 Å². The zero-order valence-electron chi connectivity index (χ0n) is 15.8. The molecule has 2 aromatic rings. The molecule has 1 unspecified atom stereocenters. The van der Waals surface area contributed by atoms with Gasteiger partial charge in [-0.15, -0.1) is 5.92 Å². The molecule has 27 heavy (non-hydrogen) atoms. The third kappa shape index (κ3) is 4.61. The fourth-order valence-corrected chi connectivity index (χ4v) is 3.90. The number of hydrogen-bond acceptors (Lipinski definition) is 2. The molecular formula is C25H26O2. The summed E-state index contributed by atoms with van der Waals surface area (Å²) in [6, 6.07) is 15.2. The Balaban J connectivity index is 1.56. The van der Waals surface area contributed by atoms with Crippen LogP contribution in [0.4, 0.5) is 0 Å².